The number of pyridine rings is 1. The maximum atomic E-state index is 12.0. The molecule has 0 bridgehead atoms. The van der Waals surface area contributed by atoms with Crippen molar-refractivity contribution in [1.29, 1.82) is 5.26 Å². The minimum Gasteiger partial charge on any atom is -0.340 e. The number of carbonyl (C=O) groups is 1. The predicted octanol–water partition coefficient (Wildman–Crippen LogP) is 2.22. The number of rotatable bonds is 5. The lowest BCUT2D eigenvalue weighted by Crippen LogP contribution is -2.28. The van der Waals surface area contributed by atoms with E-state index in [4.69, 9.17) is 5.26 Å². The highest BCUT2D eigenvalue weighted by atomic mass is 16.2. The summed E-state index contributed by atoms with van der Waals surface area (Å²) in [5.41, 5.74) is 0.612. The molecule has 90 valence electrons. The molecule has 0 aliphatic rings. The van der Waals surface area contributed by atoms with Crippen molar-refractivity contribution in [2.45, 2.75) is 26.2 Å². The molecule has 1 aromatic heterocycles. The van der Waals surface area contributed by atoms with Gasteiger partial charge in [0.2, 0.25) is 0 Å². The highest BCUT2D eigenvalue weighted by Crippen LogP contribution is 2.04. The maximum Gasteiger partial charge on any atom is 0.272 e. The fraction of sp³-hybridized carbons (Fsp3) is 0.462. The Hall–Kier alpha value is -1.89. The predicted molar refractivity (Wildman–Crippen MR) is 65.4 cm³/mol. The number of nitrogens with zero attached hydrogens (tertiary/aromatic N) is 3. The summed E-state index contributed by atoms with van der Waals surface area (Å²) in [7, 11) is 1.76. The lowest BCUT2D eigenvalue weighted by molar-refractivity contribution is 0.0787. The van der Waals surface area contributed by atoms with E-state index in [1.807, 2.05) is 6.07 Å². The van der Waals surface area contributed by atoms with E-state index in [0.29, 0.717) is 5.69 Å². The molecule has 0 unspecified atom stereocenters. The topological polar surface area (TPSA) is 57.0 Å². The number of hydrogen-bond donors (Lipinski definition) is 0. The van der Waals surface area contributed by atoms with Crippen LogP contribution in [0.25, 0.3) is 0 Å². The van der Waals surface area contributed by atoms with Gasteiger partial charge in [0.1, 0.15) is 17.5 Å². The van der Waals surface area contributed by atoms with Crippen molar-refractivity contribution in [3.63, 3.8) is 0 Å². The second-order valence-corrected chi connectivity index (χ2v) is 3.95. The van der Waals surface area contributed by atoms with Crippen molar-refractivity contribution >= 4 is 5.91 Å². The first kappa shape index (κ1) is 13.2. The number of aromatic nitrogens is 1. The molecule has 1 aromatic rings. The van der Waals surface area contributed by atoms with Crippen molar-refractivity contribution in [3.8, 4) is 6.07 Å². The Morgan fingerprint density at radius 3 is 2.88 bits per heavy atom. The summed E-state index contributed by atoms with van der Waals surface area (Å²) < 4.78 is 0. The number of nitriles is 1. The molecule has 0 spiro atoms. The van der Waals surface area contributed by atoms with Crippen LogP contribution in [0.1, 0.15) is 42.4 Å². The summed E-state index contributed by atoms with van der Waals surface area (Å²) in [4.78, 5) is 17.6. The molecule has 0 aromatic carbocycles. The van der Waals surface area contributed by atoms with E-state index >= 15 is 0 Å². The van der Waals surface area contributed by atoms with Crippen LogP contribution in [0.5, 0.6) is 0 Å². The smallest absolute Gasteiger partial charge is 0.272 e. The number of carbonyl (C=O) groups excluding carboxylic acids is 1. The van der Waals surface area contributed by atoms with E-state index < -0.39 is 0 Å². The molecule has 0 aliphatic carbocycles. The lowest BCUT2D eigenvalue weighted by Gasteiger charge is -2.16. The fourth-order valence-electron chi connectivity index (χ4n) is 1.51. The highest BCUT2D eigenvalue weighted by molar-refractivity contribution is 5.92. The molecule has 0 saturated carbocycles. The van der Waals surface area contributed by atoms with E-state index in [2.05, 4.69) is 11.9 Å². The van der Waals surface area contributed by atoms with Crippen LogP contribution < -0.4 is 0 Å². The summed E-state index contributed by atoms with van der Waals surface area (Å²) in [6.07, 6.45) is 3.24. The molecule has 4 nitrogen and oxygen atoms in total. The van der Waals surface area contributed by atoms with Crippen molar-refractivity contribution in [2.24, 2.45) is 0 Å². The fourth-order valence-corrected chi connectivity index (χ4v) is 1.51. The van der Waals surface area contributed by atoms with Crippen LogP contribution in [0, 0.1) is 11.3 Å². The molecular formula is C13H17N3O. The third kappa shape index (κ3) is 3.87. The van der Waals surface area contributed by atoms with Crippen molar-refractivity contribution < 1.29 is 4.79 Å². The molecule has 0 aliphatic heterocycles. The Kier molecular flexibility index (Phi) is 5.15. The monoisotopic (exact) mass is 231 g/mol. The quantitative estimate of drug-likeness (QED) is 0.730. The van der Waals surface area contributed by atoms with Gasteiger partial charge >= 0.3 is 0 Å². The Morgan fingerprint density at radius 1 is 1.47 bits per heavy atom. The van der Waals surface area contributed by atoms with Crippen LogP contribution in [0.3, 0.4) is 0 Å². The maximum absolute atomic E-state index is 12.0. The van der Waals surface area contributed by atoms with Gasteiger partial charge in [-0.25, -0.2) is 4.98 Å². The van der Waals surface area contributed by atoms with Gasteiger partial charge in [-0.3, -0.25) is 4.79 Å². The zero-order valence-electron chi connectivity index (χ0n) is 10.3. The number of amides is 1. The summed E-state index contributed by atoms with van der Waals surface area (Å²) in [6.45, 7) is 2.85. The Morgan fingerprint density at radius 2 is 2.24 bits per heavy atom. The second kappa shape index (κ2) is 6.64. The van der Waals surface area contributed by atoms with E-state index in [1.54, 1.807) is 30.1 Å². The molecule has 1 amide bonds. The Balaban J connectivity index is 2.65. The van der Waals surface area contributed by atoms with E-state index in [1.165, 1.54) is 0 Å². The van der Waals surface area contributed by atoms with Crippen LogP contribution in [-0.4, -0.2) is 29.4 Å². The van der Waals surface area contributed by atoms with Gasteiger partial charge in [0.05, 0.1) is 0 Å². The third-order valence-electron chi connectivity index (χ3n) is 2.53. The van der Waals surface area contributed by atoms with E-state index in [9.17, 15) is 4.79 Å². The first-order chi connectivity index (χ1) is 8.19. The molecule has 1 rings (SSSR count). The van der Waals surface area contributed by atoms with Crippen molar-refractivity contribution in [2.75, 3.05) is 13.6 Å². The SMILES string of the molecule is CCCCCN(C)C(=O)c1cccc(C#N)n1. The average Bonchev–Trinajstić information content (AvgIpc) is 2.38. The zero-order chi connectivity index (χ0) is 12.7. The van der Waals surface area contributed by atoms with Crippen LogP contribution in [0.4, 0.5) is 0 Å². The zero-order valence-corrected chi connectivity index (χ0v) is 10.3. The molecule has 0 fully saturated rings. The van der Waals surface area contributed by atoms with Gasteiger partial charge in [0.15, 0.2) is 0 Å². The summed E-state index contributed by atoms with van der Waals surface area (Å²) in [6, 6.07) is 6.84. The van der Waals surface area contributed by atoms with Crippen molar-refractivity contribution in [3.05, 3.63) is 29.6 Å². The highest BCUT2D eigenvalue weighted by Gasteiger charge is 2.12. The molecule has 4 heteroatoms. The molecule has 0 atom stereocenters. The van der Waals surface area contributed by atoms with Gasteiger partial charge in [-0.15, -0.1) is 0 Å². The Bertz CT molecular complexity index is 423. The minimum atomic E-state index is -0.127. The largest absolute Gasteiger partial charge is 0.340 e. The molecule has 0 saturated heterocycles. The molecular weight excluding hydrogens is 214 g/mol. The minimum absolute atomic E-state index is 0.127. The van der Waals surface area contributed by atoms with E-state index in [0.717, 1.165) is 25.8 Å². The van der Waals surface area contributed by atoms with Crippen LogP contribution >= 0.6 is 0 Å². The van der Waals surface area contributed by atoms with Crippen LogP contribution in [-0.2, 0) is 0 Å². The van der Waals surface area contributed by atoms with Gasteiger partial charge in [0.25, 0.3) is 5.91 Å². The van der Waals surface area contributed by atoms with Gasteiger partial charge in [-0.2, -0.15) is 5.26 Å². The van der Waals surface area contributed by atoms with Gasteiger partial charge in [-0.05, 0) is 18.6 Å². The molecule has 17 heavy (non-hydrogen) atoms. The molecule has 0 N–H and O–H groups in total. The first-order valence-electron chi connectivity index (χ1n) is 5.81. The van der Waals surface area contributed by atoms with Gasteiger partial charge < -0.3 is 4.90 Å². The van der Waals surface area contributed by atoms with Gasteiger partial charge in [-0.1, -0.05) is 25.8 Å². The lowest BCUT2D eigenvalue weighted by atomic mass is 10.2. The Labute approximate surface area is 102 Å². The molecule has 1 heterocycles. The van der Waals surface area contributed by atoms with Gasteiger partial charge in [0, 0.05) is 13.6 Å². The van der Waals surface area contributed by atoms with Crippen LogP contribution in [0.2, 0.25) is 0 Å². The summed E-state index contributed by atoms with van der Waals surface area (Å²) in [5, 5.41) is 8.72. The summed E-state index contributed by atoms with van der Waals surface area (Å²) in [5.74, 6) is -0.127. The molecule has 0 radical (unpaired) electrons. The summed E-state index contributed by atoms with van der Waals surface area (Å²) >= 11 is 0. The first-order valence-corrected chi connectivity index (χ1v) is 5.81. The van der Waals surface area contributed by atoms with E-state index in [-0.39, 0.29) is 11.6 Å². The normalized spacial score (nSPS) is 9.71. The number of unbranched alkanes of at least 4 members (excludes halogenated alkanes) is 2. The van der Waals surface area contributed by atoms with Crippen molar-refractivity contribution in [1.82, 2.24) is 9.88 Å². The standard InChI is InChI=1S/C13H17N3O/c1-3-4-5-9-16(2)13(17)12-8-6-7-11(10-14)15-12/h6-8H,3-5,9H2,1-2H3. The third-order valence-corrected chi connectivity index (χ3v) is 2.53. The second-order valence-electron chi connectivity index (χ2n) is 3.95. The average molecular weight is 231 g/mol. The van der Waals surface area contributed by atoms with Crippen LogP contribution in [0.15, 0.2) is 18.2 Å². The number of hydrogen-bond acceptors (Lipinski definition) is 3.